The molecule has 1 aromatic carbocycles. The smallest absolute Gasteiger partial charge is 0.143 e. The van der Waals surface area contributed by atoms with E-state index in [1.54, 1.807) is 18.2 Å². The van der Waals surface area contributed by atoms with Crippen molar-refractivity contribution in [3.05, 3.63) is 41.7 Å². The molecule has 0 aliphatic rings. The van der Waals surface area contributed by atoms with Crippen molar-refractivity contribution in [2.24, 2.45) is 0 Å². The van der Waals surface area contributed by atoms with E-state index in [9.17, 15) is 9.18 Å². The van der Waals surface area contributed by atoms with Gasteiger partial charge in [-0.3, -0.25) is 4.79 Å². The van der Waals surface area contributed by atoms with Crippen LogP contribution in [0.1, 0.15) is 18.9 Å². The molecule has 13 heavy (non-hydrogen) atoms. The minimum absolute atomic E-state index is 0.280. The summed E-state index contributed by atoms with van der Waals surface area (Å²) in [5, 5.41) is 0. The Morgan fingerprint density at radius 3 is 2.69 bits per heavy atom. The molecule has 0 saturated carbocycles. The fourth-order valence-electron chi connectivity index (χ4n) is 1.20. The van der Waals surface area contributed by atoms with Gasteiger partial charge in [0.15, 0.2) is 0 Å². The van der Waals surface area contributed by atoms with Gasteiger partial charge in [0.25, 0.3) is 0 Å². The first-order valence-electron chi connectivity index (χ1n) is 4.18. The quantitative estimate of drug-likeness (QED) is 0.513. The molecular weight excluding hydrogens is 167 g/mol. The summed E-state index contributed by atoms with van der Waals surface area (Å²) in [6, 6.07) is 6.46. The van der Waals surface area contributed by atoms with Gasteiger partial charge in [-0.1, -0.05) is 25.1 Å². The Kier molecular flexibility index (Phi) is 3.38. The first-order chi connectivity index (χ1) is 6.29. The van der Waals surface area contributed by atoms with Crippen molar-refractivity contribution in [1.29, 1.82) is 0 Å². The molecular formula is C11H11FO. The largest absolute Gasteiger partial charge is 0.299 e. The molecule has 1 nitrogen and oxygen atoms in total. The normalized spacial score (nSPS) is 11.4. The van der Waals surface area contributed by atoms with Gasteiger partial charge in [-0.15, -0.1) is 0 Å². The van der Waals surface area contributed by atoms with Crippen LogP contribution in [0.25, 0.3) is 5.57 Å². The van der Waals surface area contributed by atoms with E-state index in [1.165, 1.54) is 12.1 Å². The number of hydrogen-bond acceptors (Lipinski definition) is 1. The van der Waals surface area contributed by atoms with E-state index in [4.69, 9.17) is 0 Å². The first kappa shape index (κ1) is 9.65. The predicted octanol–water partition coefficient (Wildman–Crippen LogP) is 2.82. The third-order valence-electron chi connectivity index (χ3n) is 1.87. The van der Waals surface area contributed by atoms with Gasteiger partial charge in [0.05, 0.1) is 0 Å². The van der Waals surface area contributed by atoms with Crippen LogP contribution in [0.2, 0.25) is 0 Å². The molecule has 0 heterocycles. The Labute approximate surface area is 76.9 Å². The van der Waals surface area contributed by atoms with Crippen molar-refractivity contribution in [3.8, 4) is 0 Å². The number of carbonyl (C=O) groups excluding carboxylic acids is 1. The lowest BCUT2D eigenvalue weighted by molar-refractivity contribution is -0.104. The van der Waals surface area contributed by atoms with Crippen LogP contribution in [0, 0.1) is 5.82 Å². The molecule has 0 aliphatic heterocycles. The second-order valence-corrected chi connectivity index (χ2v) is 2.66. The topological polar surface area (TPSA) is 17.1 Å². The lowest BCUT2D eigenvalue weighted by Crippen LogP contribution is -1.88. The summed E-state index contributed by atoms with van der Waals surface area (Å²) in [5.74, 6) is -0.280. The standard InChI is InChI=1S/C11H11FO/c1-2-9(7-8-13)10-5-3-4-6-11(10)12/h3-8H,2H2,1H3/b9-7-. The zero-order chi connectivity index (χ0) is 9.68. The highest BCUT2D eigenvalue weighted by Crippen LogP contribution is 2.19. The van der Waals surface area contributed by atoms with E-state index >= 15 is 0 Å². The molecule has 0 aliphatic carbocycles. The summed E-state index contributed by atoms with van der Waals surface area (Å²) >= 11 is 0. The summed E-state index contributed by atoms with van der Waals surface area (Å²) in [4.78, 5) is 10.3. The maximum absolute atomic E-state index is 13.2. The van der Waals surface area contributed by atoms with Gasteiger partial charge < -0.3 is 0 Å². The third-order valence-corrected chi connectivity index (χ3v) is 1.87. The zero-order valence-electron chi connectivity index (χ0n) is 7.46. The molecule has 0 N–H and O–H groups in total. The highest BCUT2D eigenvalue weighted by atomic mass is 19.1. The lowest BCUT2D eigenvalue weighted by atomic mass is 10.0. The lowest BCUT2D eigenvalue weighted by Gasteiger charge is -2.03. The molecule has 0 atom stereocenters. The van der Waals surface area contributed by atoms with Gasteiger partial charge in [-0.2, -0.15) is 0 Å². The molecule has 0 saturated heterocycles. The third kappa shape index (κ3) is 2.25. The Balaban J connectivity index is 3.12. The van der Waals surface area contributed by atoms with Gasteiger partial charge in [-0.05, 0) is 24.1 Å². The first-order valence-corrected chi connectivity index (χ1v) is 4.18. The molecule has 0 amide bonds. The van der Waals surface area contributed by atoms with Crippen LogP contribution in [0.15, 0.2) is 30.3 Å². The molecule has 1 rings (SSSR count). The van der Waals surface area contributed by atoms with Crippen molar-refractivity contribution in [3.63, 3.8) is 0 Å². The van der Waals surface area contributed by atoms with Gasteiger partial charge in [0, 0.05) is 5.56 Å². The van der Waals surface area contributed by atoms with Gasteiger partial charge in [0.2, 0.25) is 0 Å². The molecule has 0 spiro atoms. The fourth-order valence-corrected chi connectivity index (χ4v) is 1.20. The SMILES string of the molecule is CC/C(=C/C=O)c1ccccc1F. The molecule has 1 aromatic rings. The van der Waals surface area contributed by atoms with E-state index in [0.29, 0.717) is 18.3 Å². The predicted molar refractivity (Wildman–Crippen MR) is 50.7 cm³/mol. The van der Waals surface area contributed by atoms with Crippen molar-refractivity contribution < 1.29 is 9.18 Å². The van der Waals surface area contributed by atoms with Gasteiger partial charge in [-0.25, -0.2) is 4.39 Å². The summed E-state index contributed by atoms with van der Waals surface area (Å²) in [7, 11) is 0. The Morgan fingerprint density at radius 2 is 2.15 bits per heavy atom. The average Bonchev–Trinajstić information content (AvgIpc) is 2.16. The van der Waals surface area contributed by atoms with E-state index in [2.05, 4.69) is 0 Å². The second-order valence-electron chi connectivity index (χ2n) is 2.66. The van der Waals surface area contributed by atoms with Crippen molar-refractivity contribution in [2.45, 2.75) is 13.3 Å². The van der Waals surface area contributed by atoms with E-state index in [1.807, 2.05) is 6.92 Å². The molecule has 0 radical (unpaired) electrons. The van der Waals surface area contributed by atoms with E-state index < -0.39 is 0 Å². The van der Waals surface area contributed by atoms with Crippen LogP contribution in [-0.2, 0) is 4.79 Å². The van der Waals surface area contributed by atoms with Crippen molar-refractivity contribution >= 4 is 11.9 Å². The maximum atomic E-state index is 13.2. The summed E-state index contributed by atoms with van der Waals surface area (Å²) in [5.41, 5.74) is 1.24. The second kappa shape index (κ2) is 4.55. The Morgan fingerprint density at radius 1 is 1.46 bits per heavy atom. The number of allylic oxidation sites excluding steroid dienone is 2. The summed E-state index contributed by atoms with van der Waals surface area (Å²) in [6.07, 6.45) is 2.74. The number of benzene rings is 1. The monoisotopic (exact) mass is 178 g/mol. The average molecular weight is 178 g/mol. The molecule has 0 bridgehead atoms. The summed E-state index contributed by atoms with van der Waals surface area (Å²) < 4.78 is 13.2. The van der Waals surface area contributed by atoms with Crippen LogP contribution in [0.3, 0.4) is 0 Å². The van der Waals surface area contributed by atoms with Crippen LogP contribution in [0.4, 0.5) is 4.39 Å². The van der Waals surface area contributed by atoms with Gasteiger partial charge in [0.1, 0.15) is 12.1 Å². The van der Waals surface area contributed by atoms with Crippen molar-refractivity contribution in [1.82, 2.24) is 0 Å². The molecule has 0 aromatic heterocycles. The van der Waals surface area contributed by atoms with Crippen LogP contribution in [0.5, 0.6) is 0 Å². The molecule has 68 valence electrons. The Bertz CT molecular complexity index is 329. The number of hydrogen-bond donors (Lipinski definition) is 0. The minimum atomic E-state index is -0.280. The minimum Gasteiger partial charge on any atom is -0.299 e. The van der Waals surface area contributed by atoms with Crippen molar-refractivity contribution in [2.75, 3.05) is 0 Å². The maximum Gasteiger partial charge on any atom is 0.143 e. The zero-order valence-corrected chi connectivity index (χ0v) is 7.46. The number of aldehydes is 1. The van der Waals surface area contributed by atoms with E-state index in [0.717, 1.165) is 5.57 Å². The van der Waals surface area contributed by atoms with Crippen LogP contribution >= 0.6 is 0 Å². The molecule has 2 heteroatoms. The number of rotatable bonds is 3. The number of carbonyl (C=O) groups is 1. The number of halogens is 1. The fraction of sp³-hybridized carbons (Fsp3) is 0.182. The highest BCUT2D eigenvalue weighted by molar-refractivity contribution is 5.81. The van der Waals surface area contributed by atoms with Crippen LogP contribution in [-0.4, -0.2) is 6.29 Å². The van der Waals surface area contributed by atoms with E-state index in [-0.39, 0.29) is 5.82 Å². The van der Waals surface area contributed by atoms with Crippen LogP contribution < -0.4 is 0 Å². The molecule has 0 fully saturated rings. The summed E-state index contributed by atoms with van der Waals surface area (Å²) in [6.45, 7) is 1.89. The van der Waals surface area contributed by atoms with Gasteiger partial charge >= 0.3 is 0 Å². The Hall–Kier alpha value is -1.44. The highest BCUT2D eigenvalue weighted by Gasteiger charge is 2.03. The molecule has 0 unspecified atom stereocenters.